The lowest BCUT2D eigenvalue weighted by Gasteiger charge is -2.08. The summed E-state index contributed by atoms with van der Waals surface area (Å²) in [6, 6.07) is 12.6. The molecule has 0 unspecified atom stereocenters. The van der Waals surface area contributed by atoms with Crippen LogP contribution in [0.25, 0.3) is 10.9 Å². The molecule has 0 radical (unpaired) electrons. The van der Waals surface area contributed by atoms with Crippen molar-refractivity contribution in [2.75, 3.05) is 5.32 Å². The normalized spacial score (nSPS) is 10.7. The van der Waals surface area contributed by atoms with Gasteiger partial charge in [0.05, 0.1) is 16.2 Å². The maximum absolute atomic E-state index is 12.2. The summed E-state index contributed by atoms with van der Waals surface area (Å²) in [7, 11) is 0. The van der Waals surface area contributed by atoms with Gasteiger partial charge in [0.2, 0.25) is 5.91 Å². The first-order valence-corrected chi connectivity index (χ1v) is 7.65. The quantitative estimate of drug-likeness (QED) is 0.550. The Morgan fingerprint density at radius 3 is 2.79 bits per heavy atom. The van der Waals surface area contributed by atoms with Gasteiger partial charge in [-0.25, -0.2) is 0 Å². The van der Waals surface area contributed by atoms with Crippen LogP contribution in [-0.4, -0.2) is 15.8 Å². The topological polar surface area (TPSA) is 88.0 Å². The third-order valence-electron chi connectivity index (χ3n) is 4.07. The van der Waals surface area contributed by atoms with Gasteiger partial charge in [-0.2, -0.15) is 0 Å². The van der Waals surface area contributed by atoms with Crippen LogP contribution in [0.5, 0.6) is 0 Å². The molecule has 0 aliphatic heterocycles. The number of nitro groups is 1. The van der Waals surface area contributed by atoms with E-state index in [0.29, 0.717) is 24.1 Å². The van der Waals surface area contributed by atoms with Crippen molar-refractivity contribution in [2.45, 2.75) is 19.8 Å². The Morgan fingerprint density at radius 2 is 2.00 bits per heavy atom. The zero-order valence-corrected chi connectivity index (χ0v) is 13.2. The molecule has 122 valence electrons. The number of hydrogen-bond donors (Lipinski definition) is 2. The largest absolute Gasteiger partial charge is 0.361 e. The van der Waals surface area contributed by atoms with Gasteiger partial charge in [-0.15, -0.1) is 0 Å². The van der Waals surface area contributed by atoms with Gasteiger partial charge in [0.1, 0.15) is 0 Å². The molecular weight excluding hydrogens is 306 g/mol. The minimum absolute atomic E-state index is 0.00410. The second kappa shape index (κ2) is 6.54. The number of hydrogen-bond acceptors (Lipinski definition) is 3. The number of benzene rings is 2. The van der Waals surface area contributed by atoms with Crippen LogP contribution in [0.2, 0.25) is 0 Å². The number of rotatable bonds is 5. The number of nitro benzene ring substituents is 1. The number of carbonyl (C=O) groups excluding carboxylic acids is 1. The number of H-pyrrole nitrogens is 1. The molecule has 0 fully saturated rings. The smallest absolute Gasteiger partial charge is 0.274 e. The maximum Gasteiger partial charge on any atom is 0.274 e. The molecule has 1 aromatic heterocycles. The third-order valence-corrected chi connectivity index (χ3v) is 4.07. The Balaban J connectivity index is 1.68. The Hall–Kier alpha value is -3.15. The fourth-order valence-electron chi connectivity index (χ4n) is 2.76. The summed E-state index contributed by atoms with van der Waals surface area (Å²) in [6.07, 6.45) is 2.82. The van der Waals surface area contributed by atoms with Crippen molar-refractivity contribution in [3.63, 3.8) is 0 Å². The van der Waals surface area contributed by atoms with Gasteiger partial charge in [0.25, 0.3) is 5.69 Å². The summed E-state index contributed by atoms with van der Waals surface area (Å²) in [6.45, 7) is 1.63. The predicted molar refractivity (Wildman–Crippen MR) is 93.1 cm³/mol. The van der Waals surface area contributed by atoms with Crippen LogP contribution < -0.4 is 5.32 Å². The van der Waals surface area contributed by atoms with Crippen LogP contribution in [0.1, 0.15) is 17.5 Å². The zero-order valence-electron chi connectivity index (χ0n) is 13.2. The lowest BCUT2D eigenvalue weighted by atomic mass is 10.1. The average molecular weight is 323 g/mol. The number of nitrogens with zero attached hydrogens (tertiary/aromatic N) is 1. The summed E-state index contributed by atoms with van der Waals surface area (Å²) in [5.74, 6) is -0.163. The predicted octanol–water partition coefficient (Wildman–Crippen LogP) is 3.96. The standard InChI is InChI=1S/C18H17N3O3/c1-12-15(7-4-8-17(12)21(23)24)20-18(22)10-9-13-11-19-16-6-3-2-5-14(13)16/h2-8,11,19H,9-10H2,1H3,(H,20,22). The highest BCUT2D eigenvalue weighted by molar-refractivity contribution is 5.92. The highest BCUT2D eigenvalue weighted by Crippen LogP contribution is 2.25. The number of nitrogens with one attached hydrogen (secondary N) is 2. The van der Waals surface area contributed by atoms with Gasteiger partial charge >= 0.3 is 0 Å². The Labute approximate surface area is 138 Å². The van der Waals surface area contributed by atoms with E-state index >= 15 is 0 Å². The summed E-state index contributed by atoms with van der Waals surface area (Å²) < 4.78 is 0. The molecule has 0 aliphatic carbocycles. The molecule has 3 aromatic rings. The first-order chi connectivity index (χ1) is 11.6. The number of fused-ring (bicyclic) bond motifs is 1. The third kappa shape index (κ3) is 3.12. The van der Waals surface area contributed by atoms with E-state index in [1.807, 2.05) is 30.5 Å². The zero-order chi connectivity index (χ0) is 17.1. The summed E-state index contributed by atoms with van der Waals surface area (Å²) in [4.78, 5) is 25.9. The molecule has 1 amide bonds. The second-order valence-electron chi connectivity index (χ2n) is 5.61. The van der Waals surface area contributed by atoms with E-state index in [-0.39, 0.29) is 11.6 Å². The monoisotopic (exact) mass is 323 g/mol. The number of carbonyl (C=O) groups is 1. The molecule has 2 N–H and O–H groups in total. The van der Waals surface area contributed by atoms with Gasteiger partial charge in [0, 0.05) is 29.6 Å². The van der Waals surface area contributed by atoms with Crippen LogP contribution >= 0.6 is 0 Å². The van der Waals surface area contributed by atoms with Crippen LogP contribution in [0.3, 0.4) is 0 Å². The maximum atomic E-state index is 12.2. The van der Waals surface area contributed by atoms with Crippen molar-refractivity contribution >= 4 is 28.2 Å². The molecule has 2 aromatic carbocycles. The molecule has 0 saturated heterocycles. The fourth-order valence-corrected chi connectivity index (χ4v) is 2.76. The highest BCUT2D eigenvalue weighted by Gasteiger charge is 2.15. The van der Waals surface area contributed by atoms with E-state index in [1.54, 1.807) is 19.1 Å². The summed E-state index contributed by atoms with van der Waals surface area (Å²) in [5, 5.41) is 14.8. The van der Waals surface area contributed by atoms with Crippen molar-refractivity contribution in [1.29, 1.82) is 0 Å². The van der Waals surface area contributed by atoms with Gasteiger partial charge in [-0.05, 0) is 31.0 Å². The average Bonchev–Trinajstić information content (AvgIpc) is 2.98. The van der Waals surface area contributed by atoms with E-state index in [4.69, 9.17) is 0 Å². The van der Waals surface area contributed by atoms with E-state index < -0.39 is 4.92 Å². The van der Waals surface area contributed by atoms with Crippen LogP contribution in [0, 0.1) is 17.0 Å². The van der Waals surface area contributed by atoms with E-state index in [9.17, 15) is 14.9 Å². The molecule has 0 saturated carbocycles. The van der Waals surface area contributed by atoms with Crippen molar-refractivity contribution in [3.8, 4) is 0 Å². The van der Waals surface area contributed by atoms with Gasteiger partial charge < -0.3 is 10.3 Å². The molecule has 24 heavy (non-hydrogen) atoms. The number of aryl methyl sites for hydroxylation is 1. The van der Waals surface area contributed by atoms with Crippen LogP contribution in [0.4, 0.5) is 11.4 Å². The lowest BCUT2D eigenvalue weighted by molar-refractivity contribution is -0.385. The van der Waals surface area contributed by atoms with Crippen LogP contribution in [-0.2, 0) is 11.2 Å². The molecule has 0 aliphatic rings. The van der Waals surface area contributed by atoms with Crippen LogP contribution in [0.15, 0.2) is 48.7 Å². The number of anilines is 1. The van der Waals surface area contributed by atoms with Crippen molar-refractivity contribution in [2.24, 2.45) is 0 Å². The van der Waals surface area contributed by atoms with Gasteiger partial charge in [0.15, 0.2) is 0 Å². The minimum Gasteiger partial charge on any atom is -0.361 e. The van der Waals surface area contributed by atoms with Gasteiger partial charge in [-0.1, -0.05) is 24.3 Å². The molecule has 0 atom stereocenters. The molecule has 0 spiro atoms. The highest BCUT2D eigenvalue weighted by atomic mass is 16.6. The van der Waals surface area contributed by atoms with Crippen molar-refractivity contribution in [3.05, 3.63) is 69.9 Å². The van der Waals surface area contributed by atoms with Crippen molar-refractivity contribution < 1.29 is 9.72 Å². The molecule has 6 nitrogen and oxygen atoms in total. The molecular formula is C18H17N3O3. The number of aromatic nitrogens is 1. The lowest BCUT2D eigenvalue weighted by Crippen LogP contribution is -2.13. The molecule has 3 rings (SSSR count). The number of amides is 1. The van der Waals surface area contributed by atoms with Gasteiger partial charge in [-0.3, -0.25) is 14.9 Å². The molecule has 1 heterocycles. The number of para-hydroxylation sites is 1. The Bertz CT molecular complexity index is 915. The Morgan fingerprint density at radius 1 is 1.21 bits per heavy atom. The molecule has 6 heteroatoms. The first-order valence-electron chi connectivity index (χ1n) is 7.65. The molecule has 0 bridgehead atoms. The van der Waals surface area contributed by atoms with E-state index in [0.717, 1.165) is 16.5 Å². The minimum atomic E-state index is -0.447. The Kier molecular flexibility index (Phi) is 4.29. The second-order valence-corrected chi connectivity index (χ2v) is 5.61. The summed E-state index contributed by atoms with van der Waals surface area (Å²) in [5.41, 5.74) is 3.07. The first kappa shape index (κ1) is 15.7. The fraction of sp³-hybridized carbons (Fsp3) is 0.167. The van der Waals surface area contributed by atoms with E-state index in [1.165, 1.54) is 6.07 Å². The number of aromatic amines is 1. The summed E-state index contributed by atoms with van der Waals surface area (Å²) >= 11 is 0. The van der Waals surface area contributed by atoms with E-state index in [2.05, 4.69) is 10.3 Å². The SMILES string of the molecule is Cc1c(NC(=O)CCc2c[nH]c3ccccc23)cccc1[N+](=O)[O-]. The van der Waals surface area contributed by atoms with Crippen molar-refractivity contribution in [1.82, 2.24) is 4.98 Å².